The van der Waals surface area contributed by atoms with Crippen LogP contribution in [-0.4, -0.2) is 41.7 Å². The lowest BCUT2D eigenvalue weighted by Gasteiger charge is -2.22. The lowest BCUT2D eigenvalue weighted by molar-refractivity contribution is -0.131. The third kappa shape index (κ3) is 3.98. The summed E-state index contributed by atoms with van der Waals surface area (Å²) in [6, 6.07) is 11.1. The van der Waals surface area contributed by atoms with Gasteiger partial charge in [0.05, 0.1) is 20.6 Å². The molecule has 1 saturated heterocycles. The molecule has 156 valence electrons. The second kappa shape index (κ2) is 8.52. The zero-order valence-corrected chi connectivity index (χ0v) is 16.8. The number of hydrogen-bond donors (Lipinski definition) is 0. The van der Waals surface area contributed by atoms with Gasteiger partial charge in [-0.15, -0.1) is 0 Å². The van der Waals surface area contributed by atoms with Crippen molar-refractivity contribution >= 4 is 5.91 Å². The standard InChI is InChI=1S/C22H22FN3O4/c1-28-18-10-5-14(12-19(18)29-2)13-20(27)26-11-3-4-17(26)22-24-21(25-30-22)15-6-8-16(23)9-7-15/h5-10,12,17H,3-4,11,13H2,1-2H3/t17-/m1/s1. The summed E-state index contributed by atoms with van der Waals surface area (Å²) in [5, 5.41) is 4.00. The van der Waals surface area contributed by atoms with Crippen LogP contribution >= 0.6 is 0 Å². The maximum absolute atomic E-state index is 13.1. The third-order valence-electron chi connectivity index (χ3n) is 5.21. The van der Waals surface area contributed by atoms with Gasteiger partial charge in [0.2, 0.25) is 17.6 Å². The summed E-state index contributed by atoms with van der Waals surface area (Å²) < 4.78 is 29.2. The molecule has 1 amide bonds. The van der Waals surface area contributed by atoms with Gasteiger partial charge in [-0.3, -0.25) is 4.79 Å². The van der Waals surface area contributed by atoms with E-state index in [1.54, 1.807) is 43.4 Å². The van der Waals surface area contributed by atoms with Crippen LogP contribution in [0.2, 0.25) is 0 Å². The van der Waals surface area contributed by atoms with Gasteiger partial charge < -0.3 is 18.9 Å². The molecular weight excluding hydrogens is 389 g/mol. The van der Waals surface area contributed by atoms with E-state index in [1.807, 2.05) is 6.07 Å². The van der Waals surface area contributed by atoms with Crippen molar-refractivity contribution in [2.24, 2.45) is 0 Å². The highest BCUT2D eigenvalue weighted by Gasteiger charge is 2.34. The van der Waals surface area contributed by atoms with Gasteiger partial charge in [0.15, 0.2) is 11.5 Å². The molecule has 0 radical (unpaired) electrons. The molecule has 7 nitrogen and oxygen atoms in total. The summed E-state index contributed by atoms with van der Waals surface area (Å²) in [6.45, 7) is 0.630. The lowest BCUT2D eigenvalue weighted by atomic mass is 10.1. The molecule has 0 spiro atoms. The third-order valence-corrected chi connectivity index (χ3v) is 5.21. The molecule has 0 bridgehead atoms. The van der Waals surface area contributed by atoms with E-state index in [4.69, 9.17) is 14.0 Å². The Hall–Kier alpha value is -3.42. The highest BCUT2D eigenvalue weighted by molar-refractivity contribution is 5.79. The number of halogens is 1. The zero-order chi connectivity index (χ0) is 21.1. The minimum atomic E-state index is -0.329. The van der Waals surface area contributed by atoms with E-state index >= 15 is 0 Å². The van der Waals surface area contributed by atoms with Crippen molar-refractivity contribution in [1.82, 2.24) is 15.0 Å². The van der Waals surface area contributed by atoms with E-state index in [0.29, 0.717) is 35.3 Å². The SMILES string of the molecule is COc1ccc(CC(=O)N2CCC[C@@H]2c2nc(-c3ccc(F)cc3)no2)cc1OC. The van der Waals surface area contributed by atoms with Crippen molar-refractivity contribution in [2.45, 2.75) is 25.3 Å². The molecular formula is C22H22FN3O4. The second-order valence-corrected chi connectivity index (χ2v) is 7.07. The summed E-state index contributed by atoms with van der Waals surface area (Å²) in [7, 11) is 3.14. The Morgan fingerprint density at radius 3 is 2.67 bits per heavy atom. The molecule has 0 N–H and O–H groups in total. The average molecular weight is 411 g/mol. The van der Waals surface area contributed by atoms with E-state index < -0.39 is 0 Å². The number of ether oxygens (including phenoxy) is 2. The zero-order valence-electron chi connectivity index (χ0n) is 16.8. The average Bonchev–Trinajstić information content (AvgIpc) is 3.43. The van der Waals surface area contributed by atoms with Crippen LogP contribution in [0.1, 0.15) is 30.3 Å². The summed E-state index contributed by atoms with van der Waals surface area (Å²) in [5.74, 6) is 1.63. The van der Waals surface area contributed by atoms with Crippen LogP contribution < -0.4 is 9.47 Å². The first-order valence-corrected chi connectivity index (χ1v) is 9.69. The number of aromatic nitrogens is 2. The normalized spacial score (nSPS) is 16.0. The van der Waals surface area contributed by atoms with Crippen molar-refractivity contribution < 1.29 is 23.2 Å². The molecule has 3 aromatic rings. The Kier molecular flexibility index (Phi) is 5.65. The number of rotatable bonds is 6. The van der Waals surface area contributed by atoms with Gasteiger partial charge in [-0.05, 0) is 54.8 Å². The topological polar surface area (TPSA) is 77.7 Å². The van der Waals surface area contributed by atoms with Crippen LogP contribution in [0.4, 0.5) is 4.39 Å². The van der Waals surface area contributed by atoms with Gasteiger partial charge in [-0.1, -0.05) is 11.2 Å². The smallest absolute Gasteiger partial charge is 0.249 e. The number of amides is 1. The van der Waals surface area contributed by atoms with E-state index in [1.165, 1.54) is 12.1 Å². The van der Waals surface area contributed by atoms with Crippen LogP contribution in [0.25, 0.3) is 11.4 Å². The molecule has 0 saturated carbocycles. The first-order chi connectivity index (χ1) is 14.6. The minimum Gasteiger partial charge on any atom is -0.493 e. The Bertz CT molecular complexity index is 1040. The predicted molar refractivity (Wildman–Crippen MR) is 107 cm³/mol. The summed E-state index contributed by atoms with van der Waals surface area (Å²) in [4.78, 5) is 19.2. The molecule has 1 aromatic heterocycles. The van der Waals surface area contributed by atoms with Crippen molar-refractivity contribution in [2.75, 3.05) is 20.8 Å². The van der Waals surface area contributed by atoms with E-state index in [2.05, 4.69) is 10.1 Å². The molecule has 4 rings (SSSR count). The monoisotopic (exact) mass is 411 g/mol. The van der Waals surface area contributed by atoms with Gasteiger partial charge in [0, 0.05) is 12.1 Å². The van der Waals surface area contributed by atoms with Gasteiger partial charge >= 0.3 is 0 Å². The minimum absolute atomic E-state index is 0.0220. The summed E-state index contributed by atoms with van der Waals surface area (Å²) in [6.07, 6.45) is 1.84. The Morgan fingerprint density at radius 1 is 1.17 bits per heavy atom. The maximum Gasteiger partial charge on any atom is 0.249 e. The lowest BCUT2D eigenvalue weighted by Crippen LogP contribution is -2.32. The van der Waals surface area contributed by atoms with Gasteiger partial charge in [0.25, 0.3) is 0 Å². The first-order valence-electron chi connectivity index (χ1n) is 9.69. The van der Waals surface area contributed by atoms with Crippen molar-refractivity contribution in [3.63, 3.8) is 0 Å². The predicted octanol–water partition coefficient (Wildman–Crippen LogP) is 3.80. The van der Waals surface area contributed by atoms with E-state index in [9.17, 15) is 9.18 Å². The molecule has 1 aliphatic rings. The molecule has 30 heavy (non-hydrogen) atoms. The molecule has 0 unspecified atom stereocenters. The first kappa shape index (κ1) is 19.9. The maximum atomic E-state index is 13.1. The second-order valence-electron chi connectivity index (χ2n) is 7.07. The summed E-state index contributed by atoms with van der Waals surface area (Å²) >= 11 is 0. The number of methoxy groups -OCH3 is 2. The molecule has 1 aliphatic heterocycles. The molecule has 1 atom stereocenters. The molecule has 2 aromatic carbocycles. The van der Waals surface area contributed by atoms with Crippen LogP contribution in [0.3, 0.4) is 0 Å². The van der Waals surface area contributed by atoms with E-state index in [-0.39, 0.29) is 24.2 Å². The fraction of sp³-hybridized carbons (Fsp3) is 0.318. The van der Waals surface area contributed by atoms with Gasteiger partial charge in [-0.2, -0.15) is 4.98 Å². The van der Waals surface area contributed by atoms with Crippen LogP contribution in [0.15, 0.2) is 47.0 Å². The van der Waals surface area contributed by atoms with Crippen molar-refractivity contribution in [3.8, 4) is 22.9 Å². The number of hydrogen-bond acceptors (Lipinski definition) is 6. The number of likely N-dealkylation sites (tertiary alicyclic amines) is 1. The summed E-state index contributed by atoms with van der Waals surface area (Å²) in [5.41, 5.74) is 1.49. The Labute approximate surface area is 173 Å². The van der Waals surface area contributed by atoms with Crippen LogP contribution in [0, 0.1) is 5.82 Å². The van der Waals surface area contributed by atoms with Crippen LogP contribution in [-0.2, 0) is 11.2 Å². The van der Waals surface area contributed by atoms with Crippen molar-refractivity contribution in [1.29, 1.82) is 0 Å². The number of carbonyl (C=O) groups is 1. The van der Waals surface area contributed by atoms with Gasteiger partial charge in [0.1, 0.15) is 11.9 Å². The molecule has 2 heterocycles. The number of carbonyl (C=O) groups excluding carboxylic acids is 1. The quantitative estimate of drug-likeness (QED) is 0.614. The Morgan fingerprint density at radius 2 is 1.93 bits per heavy atom. The fourth-order valence-corrected chi connectivity index (χ4v) is 3.68. The van der Waals surface area contributed by atoms with Crippen LogP contribution in [0.5, 0.6) is 11.5 Å². The fourth-order valence-electron chi connectivity index (χ4n) is 3.68. The number of benzene rings is 2. The van der Waals surface area contributed by atoms with E-state index in [0.717, 1.165) is 18.4 Å². The largest absolute Gasteiger partial charge is 0.493 e. The molecule has 1 fully saturated rings. The number of nitrogens with zero attached hydrogens (tertiary/aromatic N) is 3. The highest BCUT2D eigenvalue weighted by Crippen LogP contribution is 2.33. The molecule has 0 aliphatic carbocycles. The molecule has 8 heteroatoms. The van der Waals surface area contributed by atoms with Gasteiger partial charge in [-0.25, -0.2) is 4.39 Å². The Balaban J connectivity index is 1.50. The highest BCUT2D eigenvalue weighted by atomic mass is 19.1. The van der Waals surface area contributed by atoms with Crippen molar-refractivity contribution in [3.05, 3.63) is 59.7 Å².